The molecule has 3 fully saturated rings. The number of carbonyl (C=O) groups is 5. The molecule has 370 valence electrons. The minimum Gasteiger partial charge on any atom is -0.504 e. The van der Waals surface area contributed by atoms with Crippen molar-refractivity contribution in [2.24, 2.45) is 0 Å². The van der Waals surface area contributed by atoms with Crippen molar-refractivity contribution in [3.05, 3.63) is 53.6 Å². The zero-order chi connectivity index (χ0) is 49.3. The van der Waals surface area contributed by atoms with Gasteiger partial charge < -0.3 is 93.0 Å². The topological polar surface area (TPSA) is 349 Å². The van der Waals surface area contributed by atoms with Crippen LogP contribution in [0.4, 0.5) is 0 Å². The molecule has 3 aliphatic heterocycles. The van der Waals surface area contributed by atoms with Gasteiger partial charge in [0.2, 0.25) is 0 Å². The van der Waals surface area contributed by atoms with Gasteiger partial charge in [-0.3, -0.25) is 19.2 Å². The van der Waals surface area contributed by atoms with E-state index in [1.807, 2.05) is 0 Å². The first-order chi connectivity index (χ1) is 31.7. The maximum Gasteiger partial charge on any atom is 0.331 e. The summed E-state index contributed by atoms with van der Waals surface area (Å²) >= 11 is 0. The van der Waals surface area contributed by atoms with Crippen molar-refractivity contribution in [1.29, 1.82) is 0 Å². The fourth-order valence-electron chi connectivity index (χ4n) is 7.39. The van der Waals surface area contributed by atoms with Gasteiger partial charge in [-0.1, -0.05) is 12.1 Å². The molecule has 0 saturated carbocycles. The first-order valence-electron chi connectivity index (χ1n) is 20.8. The fraction of sp³-hybridized carbons (Fsp3) is 0.558. The van der Waals surface area contributed by atoms with Gasteiger partial charge in [0, 0.05) is 33.8 Å². The molecule has 24 nitrogen and oxygen atoms in total. The van der Waals surface area contributed by atoms with E-state index in [-0.39, 0.29) is 18.6 Å². The van der Waals surface area contributed by atoms with Crippen molar-refractivity contribution in [2.75, 3.05) is 19.8 Å². The van der Waals surface area contributed by atoms with Gasteiger partial charge in [-0.15, -0.1) is 0 Å². The molecular weight excluding hydrogens is 900 g/mol. The van der Waals surface area contributed by atoms with E-state index in [1.165, 1.54) is 37.3 Å². The third kappa shape index (κ3) is 13.7. The minimum atomic E-state index is -1.92. The van der Waals surface area contributed by atoms with Gasteiger partial charge in [-0.25, -0.2) is 4.79 Å². The Labute approximate surface area is 382 Å². The first kappa shape index (κ1) is 52.3. The Balaban J connectivity index is 1.60. The Morgan fingerprint density at radius 2 is 1.15 bits per heavy atom. The normalized spacial score (nSPS) is 31.9. The molecule has 0 bridgehead atoms. The second-order valence-corrected chi connectivity index (χ2v) is 15.6. The number of rotatable bonds is 17. The van der Waals surface area contributed by atoms with Crippen LogP contribution in [0.15, 0.2) is 42.5 Å². The van der Waals surface area contributed by atoms with E-state index in [0.29, 0.717) is 5.56 Å². The van der Waals surface area contributed by atoms with Gasteiger partial charge in [-0.2, -0.15) is 0 Å². The molecule has 0 amide bonds. The van der Waals surface area contributed by atoms with Crippen LogP contribution in [-0.2, 0) is 82.5 Å². The molecule has 0 unspecified atom stereocenters. The number of benzene rings is 2. The summed E-state index contributed by atoms with van der Waals surface area (Å²) in [6, 6.07) is 7.60. The van der Waals surface area contributed by atoms with Crippen LogP contribution in [-0.4, -0.2) is 183 Å². The molecule has 0 spiro atoms. The molecule has 2 aromatic carbocycles. The summed E-state index contributed by atoms with van der Waals surface area (Å²) in [4.78, 5) is 64.0. The highest BCUT2D eigenvalue weighted by Gasteiger charge is 2.57. The van der Waals surface area contributed by atoms with Gasteiger partial charge in [0.05, 0.1) is 25.9 Å². The molecule has 67 heavy (non-hydrogen) atoms. The van der Waals surface area contributed by atoms with Crippen LogP contribution in [0.5, 0.6) is 23.0 Å². The van der Waals surface area contributed by atoms with Crippen molar-refractivity contribution in [1.82, 2.24) is 0 Å². The largest absolute Gasteiger partial charge is 0.504 e. The number of aromatic hydroxyl groups is 4. The highest BCUT2D eigenvalue weighted by molar-refractivity contribution is 5.87. The van der Waals surface area contributed by atoms with Crippen LogP contribution >= 0.6 is 0 Å². The van der Waals surface area contributed by atoms with Crippen molar-refractivity contribution < 1.29 is 117 Å². The lowest BCUT2D eigenvalue weighted by Gasteiger charge is -2.49. The molecule has 0 aromatic heterocycles. The maximum absolute atomic E-state index is 13.8. The van der Waals surface area contributed by atoms with Crippen LogP contribution in [0.2, 0.25) is 0 Å². The predicted molar refractivity (Wildman–Crippen MR) is 218 cm³/mol. The summed E-state index contributed by atoms with van der Waals surface area (Å²) in [5.41, 5.74) is 0.668. The van der Waals surface area contributed by atoms with Gasteiger partial charge in [0.25, 0.3) is 0 Å². The molecule has 15 atom stereocenters. The summed E-state index contributed by atoms with van der Waals surface area (Å²) in [6.45, 7) is 3.68. The quantitative estimate of drug-likeness (QED) is 0.0412. The summed E-state index contributed by atoms with van der Waals surface area (Å²) in [5, 5.41) is 81.1. The number of aliphatic hydroxyl groups excluding tert-OH is 4. The van der Waals surface area contributed by atoms with Crippen LogP contribution < -0.4 is 0 Å². The average Bonchev–Trinajstić information content (AvgIpc) is 3.25. The van der Waals surface area contributed by atoms with Gasteiger partial charge >= 0.3 is 29.8 Å². The van der Waals surface area contributed by atoms with Crippen molar-refractivity contribution >= 4 is 35.9 Å². The standard InChI is InChI=1S/C43H54O24/c1-18-35(60-19(2)45)37(61-20(3)46)40(63-22(5)48)43(59-18)67-38-36(66-31(53)11-8-23-6-9-25(49)27(51)14-23)30(17-58-41-34(56)33(55)32(54)29(16-44)64-41)65-42(39(38)62-21(4)47)57-13-12-24-7-10-26(50)28(52)15-24/h6-11,14-15,18,29-30,32-44,49-52,54-56H,12-13,16-17H2,1-5H3/t18-,29-,30+,32+,33-,34-,35-,36-,37-,38-,39+,40-,41-,42-,43+/m0/s1. The molecule has 24 heteroatoms. The molecule has 3 aliphatic rings. The third-order valence-corrected chi connectivity index (χ3v) is 10.5. The third-order valence-electron chi connectivity index (χ3n) is 10.5. The molecule has 3 saturated heterocycles. The monoisotopic (exact) mass is 954 g/mol. The predicted octanol–water partition coefficient (Wildman–Crippen LogP) is -0.908. The zero-order valence-electron chi connectivity index (χ0n) is 36.7. The molecule has 5 rings (SSSR count). The van der Waals surface area contributed by atoms with Crippen LogP contribution in [0.25, 0.3) is 6.08 Å². The van der Waals surface area contributed by atoms with Gasteiger partial charge in [-0.05, 0) is 54.8 Å². The van der Waals surface area contributed by atoms with E-state index >= 15 is 0 Å². The first-order valence-corrected chi connectivity index (χ1v) is 20.8. The summed E-state index contributed by atoms with van der Waals surface area (Å²) in [5.74, 6) is -6.59. The van der Waals surface area contributed by atoms with E-state index in [2.05, 4.69) is 0 Å². The van der Waals surface area contributed by atoms with Crippen LogP contribution in [0, 0.1) is 0 Å². The molecule has 3 heterocycles. The number of aliphatic hydroxyl groups is 4. The maximum atomic E-state index is 13.8. The Morgan fingerprint density at radius 1 is 0.582 bits per heavy atom. The van der Waals surface area contributed by atoms with E-state index in [9.17, 15) is 64.8 Å². The Morgan fingerprint density at radius 3 is 1.75 bits per heavy atom. The lowest BCUT2D eigenvalue weighted by atomic mass is 9.96. The SMILES string of the molecule is CC(=O)O[C@@H]1[C@H](OC(C)=O)[C@@H](O[C@H]2[C@@H](OC(=O)C=Cc3ccc(O)c(O)c3)[C@@H](CO[C@H]3O[C@@H](CO)[C@@H](O)[C@H](O)[C@@H]3O)O[C@H](OCCc3ccc(O)c(O)c3)[C@@H]2OC(C)=O)O[C@@H](C)[C@@H]1OC(C)=O. The number of phenols is 4. The van der Waals surface area contributed by atoms with Crippen molar-refractivity contribution in [2.45, 2.75) is 133 Å². The van der Waals surface area contributed by atoms with Gasteiger partial charge in [0.1, 0.15) is 36.6 Å². The van der Waals surface area contributed by atoms with E-state index in [0.717, 1.165) is 45.9 Å². The summed E-state index contributed by atoms with van der Waals surface area (Å²) in [6.07, 6.45) is -23.2. The van der Waals surface area contributed by atoms with Crippen LogP contribution in [0.1, 0.15) is 45.7 Å². The average molecular weight is 955 g/mol. The Hall–Kier alpha value is -5.67. The fourth-order valence-corrected chi connectivity index (χ4v) is 7.39. The van der Waals surface area contributed by atoms with Gasteiger partial charge in [0.15, 0.2) is 72.4 Å². The zero-order valence-corrected chi connectivity index (χ0v) is 36.7. The number of carbonyl (C=O) groups excluding carboxylic acids is 5. The molecule has 0 aliphatic carbocycles. The van der Waals surface area contributed by atoms with Crippen molar-refractivity contribution in [3.63, 3.8) is 0 Å². The molecule has 8 N–H and O–H groups in total. The van der Waals surface area contributed by atoms with E-state index in [4.69, 9.17) is 52.1 Å². The number of hydrogen-bond donors (Lipinski definition) is 8. The van der Waals surface area contributed by atoms with E-state index in [1.54, 1.807) is 0 Å². The Kier molecular flexibility index (Phi) is 18.2. The lowest BCUT2D eigenvalue weighted by Crippen LogP contribution is -2.67. The second kappa shape index (κ2) is 23.4. The summed E-state index contributed by atoms with van der Waals surface area (Å²) < 4.78 is 64.5. The number of esters is 5. The molecule has 0 radical (unpaired) electrons. The summed E-state index contributed by atoms with van der Waals surface area (Å²) in [7, 11) is 0. The number of ether oxygens (including phenoxy) is 11. The second-order valence-electron chi connectivity index (χ2n) is 15.6. The lowest BCUT2D eigenvalue weighted by molar-refractivity contribution is -0.365. The molecule has 2 aromatic rings. The highest BCUT2D eigenvalue weighted by Crippen LogP contribution is 2.37. The molecular formula is C43H54O24. The van der Waals surface area contributed by atoms with Crippen molar-refractivity contribution in [3.8, 4) is 23.0 Å². The highest BCUT2D eigenvalue weighted by atomic mass is 16.8. The Bertz CT molecular complexity index is 2070. The van der Waals surface area contributed by atoms with Crippen LogP contribution in [0.3, 0.4) is 0 Å². The smallest absolute Gasteiger partial charge is 0.331 e. The minimum absolute atomic E-state index is 0.0352. The number of hydrogen-bond acceptors (Lipinski definition) is 24. The number of phenolic OH excluding ortho intramolecular Hbond substituents is 4. The van der Waals surface area contributed by atoms with E-state index < -0.39 is 158 Å².